The molecule has 1 heterocycles. The van der Waals surface area contributed by atoms with Gasteiger partial charge in [0.1, 0.15) is 11.9 Å². The van der Waals surface area contributed by atoms with Gasteiger partial charge in [0.25, 0.3) is 5.91 Å². The molecule has 0 radical (unpaired) electrons. The van der Waals surface area contributed by atoms with E-state index in [0.717, 1.165) is 4.47 Å². The van der Waals surface area contributed by atoms with Crippen LogP contribution in [-0.4, -0.2) is 30.3 Å². The first-order valence-corrected chi connectivity index (χ1v) is 7.90. The molecule has 1 N–H and O–H groups in total. The fourth-order valence-corrected chi connectivity index (χ4v) is 2.95. The zero-order valence-corrected chi connectivity index (χ0v) is 13.8. The van der Waals surface area contributed by atoms with Crippen molar-refractivity contribution in [3.05, 3.63) is 57.5 Å². The number of rotatable bonds is 2. The standard InChI is InChI=1S/C16H13BrClNO3/c17-10-5-6-13(18)12(7-10)16(21)19-8-11(9-20)22-15-4-2-1-3-14(15)19/h1-7,11,20H,8-9H2. The number of ether oxygens (including phenoxy) is 1. The van der Waals surface area contributed by atoms with Crippen LogP contribution in [0.25, 0.3) is 0 Å². The second kappa shape index (κ2) is 6.28. The molecule has 6 heteroatoms. The van der Waals surface area contributed by atoms with E-state index >= 15 is 0 Å². The summed E-state index contributed by atoms with van der Waals surface area (Å²) in [6.07, 6.45) is -0.454. The number of hydrogen-bond acceptors (Lipinski definition) is 3. The molecule has 4 nitrogen and oxygen atoms in total. The Bertz CT molecular complexity index is 722. The molecular weight excluding hydrogens is 370 g/mol. The molecule has 1 aliphatic heterocycles. The Morgan fingerprint density at radius 1 is 1.36 bits per heavy atom. The normalized spacial score (nSPS) is 16.9. The Hall–Kier alpha value is -1.56. The van der Waals surface area contributed by atoms with Gasteiger partial charge in [-0.3, -0.25) is 4.79 Å². The number of fused-ring (bicyclic) bond motifs is 1. The monoisotopic (exact) mass is 381 g/mol. The van der Waals surface area contributed by atoms with Crippen LogP contribution in [0.15, 0.2) is 46.9 Å². The largest absolute Gasteiger partial charge is 0.484 e. The molecule has 0 aromatic heterocycles. The van der Waals surface area contributed by atoms with Crippen LogP contribution in [0.1, 0.15) is 10.4 Å². The average Bonchev–Trinajstić information content (AvgIpc) is 2.55. The van der Waals surface area contributed by atoms with Crippen molar-refractivity contribution in [1.82, 2.24) is 0 Å². The minimum absolute atomic E-state index is 0.162. The minimum atomic E-state index is -0.454. The van der Waals surface area contributed by atoms with Crippen molar-refractivity contribution in [3.8, 4) is 5.75 Å². The molecule has 1 atom stereocenters. The first-order chi connectivity index (χ1) is 10.6. The van der Waals surface area contributed by atoms with Crippen molar-refractivity contribution >= 4 is 39.1 Å². The molecule has 1 aliphatic rings. The van der Waals surface area contributed by atoms with Crippen LogP contribution in [0.2, 0.25) is 5.02 Å². The lowest BCUT2D eigenvalue weighted by Gasteiger charge is -2.34. The molecule has 0 saturated carbocycles. The van der Waals surface area contributed by atoms with E-state index in [-0.39, 0.29) is 19.1 Å². The lowest BCUT2D eigenvalue weighted by molar-refractivity contribution is 0.0889. The third-order valence-corrected chi connectivity index (χ3v) is 4.27. The summed E-state index contributed by atoms with van der Waals surface area (Å²) in [4.78, 5) is 14.5. The van der Waals surface area contributed by atoms with E-state index in [1.54, 1.807) is 29.2 Å². The van der Waals surface area contributed by atoms with Crippen LogP contribution in [0.3, 0.4) is 0 Å². The van der Waals surface area contributed by atoms with Crippen LogP contribution in [0.5, 0.6) is 5.75 Å². The quantitative estimate of drug-likeness (QED) is 0.865. The number of aliphatic hydroxyl groups is 1. The molecule has 1 amide bonds. The van der Waals surface area contributed by atoms with Crippen LogP contribution < -0.4 is 9.64 Å². The van der Waals surface area contributed by atoms with Crippen molar-refractivity contribution in [1.29, 1.82) is 0 Å². The van der Waals surface area contributed by atoms with Crippen LogP contribution in [0.4, 0.5) is 5.69 Å². The highest BCUT2D eigenvalue weighted by atomic mass is 79.9. The van der Waals surface area contributed by atoms with Crippen LogP contribution in [-0.2, 0) is 0 Å². The predicted octanol–water partition coefficient (Wildman–Crippen LogP) is 3.50. The number of nitrogens with zero attached hydrogens (tertiary/aromatic N) is 1. The fraction of sp³-hybridized carbons (Fsp3) is 0.188. The number of hydrogen-bond donors (Lipinski definition) is 1. The number of anilines is 1. The van der Waals surface area contributed by atoms with Gasteiger partial charge in [-0.25, -0.2) is 0 Å². The number of carbonyl (C=O) groups excluding carboxylic acids is 1. The summed E-state index contributed by atoms with van der Waals surface area (Å²) < 4.78 is 6.44. The number of benzene rings is 2. The van der Waals surface area contributed by atoms with E-state index in [9.17, 15) is 9.90 Å². The van der Waals surface area contributed by atoms with E-state index in [1.807, 2.05) is 18.2 Å². The van der Waals surface area contributed by atoms with Crippen molar-refractivity contribution in [2.75, 3.05) is 18.1 Å². The first-order valence-electron chi connectivity index (χ1n) is 6.73. The van der Waals surface area contributed by atoms with E-state index in [2.05, 4.69) is 15.9 Å². The molecule has 22 heavy (non-hydrogen) atoms. The number of para-hydroxylation sites is 2. The van der Waals surface area contributed by atoms with Crippen LogP contribution >= 0.6 is 27.5 Å². The summed E-state index contributed by atoms with van der Waals surface area (Å²) in [5.74, 6) is 0.354. The van der Waals surface area contributed by atoms with Gasteiger partial charge in [0.15, 0.2) is 0 Å². The van der Waals surface area contributed by atoms with Gasteiger partial charge in [0.2, 0.25) is 0 Å². The van der Waals surface area contributed by atoms with Gasteiger partial charge in [-0.1, -0.05) is 39.7 Å². The maximum absolute atomic E-state index is 12.9. The molecule has 0 fully saturated rings. The average molecular weight is 383 g/mol. The molecule has 1 unspecified atom stereocenters. The Morgan fingerprint density at radius 2 is 2.14 bits per heavy atom. The van der Waals surface area contributed by atoms with Gasteiger partial charge < -0.3 is 14.7 Å². The maximum atomic E-state index is 12.9. The molecule has 114 valence electrons. The second-order valence-electron chi connectivity index (χ2n) is 4.93. The third kappa shape index (κ3) is 2.84. The second-order valence-corrected chi connectivity index (χ2v) is 6.25. The summed E-state index contributed by atoms with van der Waals surface area (Å²) in [5.41, 5.74) is 1.08. The third-order valence-electron chi connectivity index (χ3n) is 3.44. The van der Waals surface area contributed by atoms with Crippen molar-refractivity contribution in [3.63, 3.8) is 0 Å². The molecule has 0 aliphatic carbocycles. The minimum Gasteiger partial charge on any atom is -0.484 e. The smallest absolute Gasteiger partial charge is 0.260 e. The highest BCUT2D eigenvalue weighted by Gasteiger charge is 2.30. The summed E-state index contributed by atoms with van der Waals surface area (Å²) in [7, 11) is 0. The molecule has 3 rings (SSSR count). The molecular formula is C16H13BrClNO3. The van der Waals surface area contributed by atoms with Gasteiger partial charge in [0.05, 0.1) is 29.4 Å². The zero-order chi connectivity index (χ0) is 15.7. The van der Waals surface area contributed by atoms with Gasteiger partial charge in [0, 0.05) is 4.47 Å². The maximum Gasteiger partial charge on any atom is 0.260 e. The summed E-state index contributed by atoms with van der Waals surface area (Å²) in [6, 6.07) is 12.4. The summed E-state index contributed by atoms with van der Waals surface area (Å²) in [5, 5.41) is 9.78. The Kier molecular flexibility index (Phi) is 4.38. The number of halogens is 2. The highest BCUT2D eigenvalue weighted by molar-refractivity contribution is 9.10. The number of carbonyl (C=O) groups is 1. The number of amides is 1. The van der Waals surface area contributed by atoms with Gasteiger partial charge in [-0.2, -0.15) is 0 Å². The molecule has 0 bridgehead atoms. The van der Waals surface area contributed by atoms with Gasteiger partial charge >= 0.3 is 0 Å². The molecule has 0 saturated heterocycles. The fourth-order valence-electron chi connectivity index (χ4n) is 2.39. The van der Waals surface area contributed by atoms with E-state index < -0.39 is 6.10 Å². The number of aliphatic hydroxyl groups excluding tert-OH is 1. The Labute approximate surface area is 141 Å². The van der Waals surface area contributed by atoms with Gasteiger partial charge in [-0.05, 0) is 30.3 Å². The first kappa shape index (κ1) is 15.3. The molecule has 0 spiro atoms. The topological polar surface area (TPSA) is 49.8 Å². The van der Waals surface area contributed by atoms with Crippen LogP contribution in [0, 0.1) is 0 Å². The lowest BCUT2D eigenvalue weighted by Crippen LogP contribution is -2.45. The summed E-state index contributed by atoms with van der Waals surface area (Å²) >= 11 is 9.51. The van der Waals surface area contributed by atoms with E-state index in [0.29, 0.717) is 22.0 Å². The Morgan fingerprint density at radius 3 is 2.91 bits per heavy atom. The zero-order valence-electron chi connectivity index (χ0n) is 11.5. The van der Waals surface area contributed by atoms with Crippen molar-refractivity contribution < 1.29 is 14.6 Å². The van der Waals surface area contributed by atoms with E-state index in [4.69, 9.17) is 16.3 Å². The predicted molar refractivity (Wildman–Crippen MR) is 88.8 cm³/mol. The molecule has 2 aromatic rings. The SMILES string of the molecule is O=C(c1cc(Br)ccc1Cl)N1CC(CO)Oc2ccccc21. The van der Waals surface area contributed by atoms with Crippen molar-refractivity contribution in [2.45, 2.75) is 6.10 Å². The van der Waals surface area contributed by atoms with Crippen molar-refractivity contribution in [2.24, 2.45) is 0 Å². The van der Waals surface area contributed by atoms with Gasteiger partial charge in [-0.15, -0.1) is 0 Å². The Balaban J connectivity index is 2.03. The van der Waals surface area contributed by atoms with E-state index in [1.165, 1.54) is 0 Å². The highest BCUT2D eigenvalue weighted by Crippen LogP contribution is 2.35. The summed E-state index contributed by atoms with van der Waals surface area (Å²) in [6.45, 7) is 0.111. The molecule has 2 aromatic carbocycles. The lowest BCUT2D eigenvalue weighted by atomic mass is 10.1.